The monoisotopic (exact) mass is 277 g/mol. The van der Waals surface area contributed by atoms with Crippen molar-refractivity contribution in [2.24, 2.45) is 0 Å². The average molecular weight is 277 g/mol. The molecule has 0 saturated heterocycles. The van der Waals surface area contributed by atoms with Gasteiger partial charge in [0.25, 0.3) is 0 Å². The minimum absolute atomic E-state index is 0.106. The second-order valence-corrected chi connectivity index (χ2v) is 5.28. The molecular weight excluding hydrogens is 250 g/mol. The lowest BCUT2D eigenvalue weighted by Crippen LogP contribution is -2.16. The van der Waals surface area contributed by atoms with Gasteiger partial charge in [0.2, 0.25) is 0 Å². The quantitative estimate of drug-likeness (QED) is 0.605. The smallest absolute Gasteiger partial charge is 0.307 e. The lowest BCUT2D eigenvalue weighted by molar-refractivity contribution is -0.136. The van der Waals surface area contributed by atoms with Gasteiger partial charge in [0, 0.05) is 6.54 Å². The van der Waals surface area contributed by atoms with Crippen molar-refractivity contribution in [1.82, 2.24) is 5.32 Å². The second-order valence-electron chi connectivity index (χ2n) is 5.28. The molecule has 0 bridgehead atoms. The first-order chi connectivity index (χ1) is 9.74. The molecule has 0 amide bonds. The van der Waals surface area contributed by atoms with Crippen LogP contribution in [0, 0.1) is 0 Å². The number of carbonyl (C=O) groups is 1. The highest BCUT2D eigenvalue weighted by Gasteiger charge is 2.05. The van der Waals surface area contributed by atoms with Crippen LogP contribution in [0.1, 0.15) is 56.6 Å². The summed E-state index contributed by atoms with van der Waals surface area (Å²) in [5.41, 5.74) is 2.01. The summed E-state index contributed by atoms with van der Waals surface area (Å²) in [5, 5.41) is 12.3. The Labute approximate surface area is 122 Å². The van der Waals surface area contributed by atoms with Crippen molar-refractivity contribution in [2.75, 3.05) is 6.54 Å². The third-order valence-corrected chi connectivity index (χ3v) is 3.48. The lowest BCUT2D eigenvalue weighted by Gasteiger charge is -2.09. The molecule has 0 atom stereocenters. The van der Waals surface area contributed by atoms with E-state index in [1.807, 2.05) is 24.3 Å². The summed E-state index contributed by atoms with van der Waals surface area (Å²) in [4.78, 5) is 10.8. The molecule has 1 aromatic carbocycles. The fraction of sp³-hybridized carbons (Fsp3) is 0.588. The highest BCUT2D eigenvalue weighted by molar-refractivity contribution is 5.70. The zero-order valence-corrected chi connectivity index (χ0v) is 12.5. The molecule has 0 aliphatic rings. The van der Waals surface area contributed by atoms with Gasteiger partial charge in [-0.2, -0.15) is 0 Å². The van der Waals surface area contributed by atoms with E-state index in [1.54, 1.807) is 0 Å². The second kappa shape index (κ2) is 10.4. The van der Waals surface area contributed by atoms with Crippen LogP contribution in [0.2, 0.25) is 0 Å². The van der Waals surface area contributed by atoms with Gasteiger partial charge >= 0.3 is 5.97 Å². The van der Waals surface area contributed by atoms with Gasteiger partial charge in [-0.3, -0.25) is 4.79 Å². The third kappa shape index (κ3) is 7.29. The molecule has 0 unspecified atom stereocenters. The Morgan fingerprint density at radius 2 is 1.70 bits per heavy atom. The Hall–Kier alpha value is -1.35. The number of hydrogen-bond donors (Lipinski definition) is 2. The molecule has 0 saturated carbocycles. The van der Waals surface area contributed by atoms with Gasteiger partial charge < -0.3 is 10.4 Å². The predicted octanol–water partition coefficient (Wildman–Crippen LogP) is 3.76. The molecule has 0 spiro atoms. The molecule has 1 rings (SSSR count). The molecule has 0 radical (unpaired) electrons. The van der Waals surface area contributed by atoms with Gasteiger partial charge in [-0.1, -0.05) is 63.3 Å². The zero-order chi connectivity index (χ0) is 14.6. The topological polar surface area (TPSA) is 49.3 Å². The van der Waals surface area contributed by atoms with Gasteiger partial charge in [0.05, 0.1) is 6.42 Å². The molecule has 3 nitrogen and oxygen atoms in total. The van der Waals surface area contributed by atoms with E-state index in [0.29, 0.717) is 0 Å². The largest absolute Gasteiger partial charge is 0.481 e. The van der Waals surface area contributed by atoms with Crippen LogP contribution in [0.5, 0.6) is 0 Å². The maximum atomic E-state index is 10.8. The number of benzene rings is 1. The summed E-state index contributed by atoms with van der Waals surface area (Å²) in [6.07, 6.45) is 7.89. The van der Waals surface area contributed by atoms with Gasteiger partial charge in [-0.15, -0.1) is 0 Å². The van der Waals surface area contributed by atoms with E-state index in [4.69, 9.17) is 5.11 Å². The van der Waals surface area contributed by atoms with E-state index in [0.717, 1.165) is 24.2 Å². The molecule has 0 aromatic heterocycles. The van der Waals surface area contributed by atoms with E-state index < -0.39 is 5.97 Å². The Balaban J connectivity index is 2.20. The molecule has 112 valence electrons. The summed E-state index contributed by atoms with van der Waals surface area (Å²) < 4.78 is 0. The van der Waals surface area contributed by atoms with Gasteiger partial charge in [0.15, 0.2) is 0 Å². The Bertz CT molecular complexity index is 390. The Morgan fingerprint density at radius 3 is 2.40 bits per heavy atom. The number of unbranched alkanes of at least 4 members (excludes halogenated alkanes) is 5. The zero-order valence-electron chi connectivity index (χ0n) is 12.5. The van der Waals surface area contributed by atoms with Crippen LogP contribution < -0.4 is 5.32 Å². The predicted molar refractivity (Wildman–Crippen MR) is 82.9 cm³/mol. The molecule has 20 heavy (non-hydrogen) atoms. The van der Waals surface area contributed by atoms with Gasteiger partial charge in [0.1, 0.15) is 0 Å². The number of carboxylic acid groups (broad SMARTS) is 1. The molecule has 0 heterocycles. The van der Waals surface area contributed by atoms with Crippen molar-refractivity contribution < 1.29 is 9.90 Å². The van der Waals surface area contributed by atoms with Crippen LogP contribution >= 0.6 is 0 Å². The van der Waals surface area contributed by atoms with Gasteiger partial charge in [-0.25, -0.2) is 0 Å². The van der Waals surface area contributed by atoms with Crippen molar-refractivity contribution in [2.45, 2.75) is 58.4 Å². The standard InChI is InChI=1S/C17H27NO2/c1-2-3-4-5-6-9-12-18-14-16-11-8-7-10-15(16)13-17(19)20/h7-8,10-11,18H,2-6,9,12-14H2,1H3,(H,19,20). The van der Waals surface area contributed by atoms with Crippen LogP contribution in [0.25, 0.3) is 0 Å². The molecular formula is C17H27NO2. The van der Waals surface area contributed by atoms with Crippen LogP contribution in [-0.2, 0) is 17.8 Å². The highest BCUT2D eigenvalue weighted by Crippen LogP contribution is 2.10. The first kappa shape index (κ1) is 16.7. The Kier molecular flexibility index (Phi) is 8.72. The fourth-order valence-electron chi connectivity index (χ4n) is 2.32. The third-order valence-electron chi connectivity index (χ3n) is 3.48. The van der Waals surface area contributed by atoms with Crippen molar-refractivity contribution in [1.29, 1.82) is 0 Å². The summed E-state index contributed by atoms with van der Waals surface area (Å²) in [7, 11) is 0. The number of rotatable bonds is 11. The number of carboxylic acids is 1. The van der Waals surface area contributed by atoms with E-state index >= 15 is 0 Å². The minimum atomic E-state index is -0.770. The van der Waals surface area contributed by atoms with Crippen LogP contribution in [-0.4, -0.2) is 17.6 Å². The van der Waals surface area contributed by atoms with Crippen molar-refractivity contribution in [3.05, 3.63) is 35.4 Å². The van der Waals surface area contributed by atoms with E-state index in [9.17, 15) is 4.79 Å². The molecule has 0 fully saturated rings. The summed E-state index contributed by atoms with van der Waals surface area (Å²) in [5.74, 6) is -0.770. The molecule has 1 aromatic rings. The van der Waals surface area contributed by atoms with Crippen molar-refractivity contribution >= 4 is 5.97 Å². The minimum Gasteiger partial charge on any atom is -0.481 e. The Morgan fingerprint density at radius 1 is 1.05 bits per heavy atom. The molecule has 2 N–H and O–H groups in total. The van der Waals surface area contributed by atoms with E-state index in [1.165, 1.54) is 38.5 Å². The van der Waals surface area contributed by atoms with Crippen molar-refractivity contribution in [3.63, 3.8) is 0 Å². The van der Waals surface area contributed by atoms with Crippen LogP contribution in [0.15, 0.2) is 24.3 Å². The van der Waals surface area contributed by atoms with Crippen LogP contribution in [0.3, 0.4) is 0 Å². The average Bonchev–Trinajstić information content (AvgIpc) is 2.43. The normalized spacial score (nSPS) is 10.7. The van der Waals surface area contributed by atoms with Crippen LogP contribution in [0.4, 0.5) is 0 Å². The number of aliphatic carboxylic acids is 1. The number of nitrogens with one attached hydrogen (secondary N) is 1. The van der Waals surface area contributed by atoms with Crippen molar-refractivity contribution in [3.8, 4) is 0 Å². The maximum absolute atomic E-state index is 10.8. The van der Waals surface area contributed by atoms with E-state index in [2.05, 4.69) is 12.2 Å². The first-order valence-electron chi connectivity index (χ1n) is 7.73. The highest BCUT2D eigenvalue weighted by atomic mass is 16.4. The maximum Gasteiger partial charge on any atom is 0.307 e. The lowest BCUT2D eigenvalue weighted by atomic mass is 10.0. The van der Waals surface area contributed by atoms with Gasteiger partial charge in [-0.05, 0) is 24.1 Å². The van der Waals surface area contributed by atoms with E-state index in [-0.39, 0.29) is 6.42 Å². The number of hydrogen-bond acceptors (Lipinski definition) is 2. The fourth-order valence-corrected chi connectivity index (χ4v) is 2.32. The summed E-state index contributed by atoms with van der Waals surface area (Å²) in [6.45, 7) is 4.00. The summed E-state index contributed by atoms with van der Waals surface area (Å²) >= 11 is 0. The molecule has 0 aliphatic heterocycles. The summed E-state index contributed by atoms with van der Waals surface area (Å²) in [6, 6.07) is 7.77. The molecule has 0 aliphatic carbocycles. The molecule has 3 heteroatoms. The first-order valence-corrected chi connectivity index (χ1v) is 7.73. The SMILES string of the molecule is CCCCCCCCNCc1ccccc1CC(=O)O.